The molecule has 18 aromatic rings. The molecule has 0 atom stereocenters. The maximum Gasteiger partial charge on any atom is 0.161 e. The Balaban J connectivity index is 0.00000178. The van der Waals surface area contributed by atoms with E-state index in [2.05, 4.69) is 346 Å². The van der Waals surface area contributed by atoms with Crippen LogP contribution in [0.3, 0.4) is 0 Å². The van der Waals surface area contributed by atoms with Gasteiger partial charge in [-0.25, -0.2) is 0 Å². The average molecular weight is 2400 g/mol. The predicted molar refractivity (Wildman–Crippen MR) is 538 cm³/mol. The quantitative estimate of drug-likeness (QED) is 0.0353. The number of benzene rings is 14. The zero-order valence-corrected chi connectivity index (χ0v) is 80.4. The summed E-state index contributed by atoms with van der Waals surface area (Å²) in [5.74, 6) is 22.0. The van der Waals surface area contributed by atoms with E-state index in [0.29, 0.717) is 12.4 Å². The van der Waals surface area contributed by atoms with Gasteiger partial charge in [0.25, 0.3) is 0 Å². The number of rotatable bonds is 23. The van der Waals surface area contributed by atoms with Crippen molar-refractivity contribution in [3.05, 3.63) is 407 Å². The van der Waals surface area contributed by atoms with Gasteiger partial charge in [0.15, 0.2) is 11.5 Å². The average Bonchev–Trinajstić information content (AvgIpc) is 0.751. The summed E-state index contributed by atoms with van der Waals surface area (Å²) in [7, 11) is 0. The van der Waals surface area contributed by atoms with Gasteiger partial charge in [0.05, 0.1) is 24.6 Å². The molecule has 0 aliphatic carbocycles. The minimum atomic E-state index is 0. The number of unbranched alkanes of at least 4 members (excludes halogenated alkanes) is 4. The number of hydrogen-bond acceptors (Lipinski definition) is 9. The Morgan fingerprint density at radius 2 is 0.721 bits per heavy atom. The van der Waals surface area contributed by atoms with Gasteiger partial charge in [-0.05, 0) is 199 Å². The molecule has 0 aliphatic heterocycles. The van der Waals surface area contributed by atoms with Crippen molar-refractivity contribution in [3.8, 4) is 144 Å². The van der Waals surface area contributed by atoms with Crippen LogP contribution in [-0.4, -0.2) is 33.1 Å². The number of pyridine rings is 4. The third-order valence-electron chi connectivity index (χ3n) is 20.6. The minimum Gasteiger partial charge on any atom is -0.490 e. The van der Waals surface area contributed by atoms with Crippen molar-refractivity contribution in [2.75, 3.05) is 23.0 Å². The monoisotopic (exact) mass is 2400 g/mol. The van der Waals surface area contributed by atoms with Crippen molar-refractivity contribution in [1.29, 1.82) is 0 Å². The molecule has 4 aromatic heterocycles. The summed E-state index contributed by atoms with van der Waals surface area (Å²) in [5.41, 5.74) is 18.5. The van der Waals surface area contributed by atoms with E-state index >= 15 is 0 Å². The topological polar surface area (TPSA) is 85.7 Å². The molecule has 0 N–H and O–H groups in total. The Morgan fingerprint density at radius 3 is 1.22 bits per heavy atom. The fraction of sp³-hybridized carbons (Fsp3) is 0.0862. The molecule has 14 aromatic carbocycles. The molecule has 18 rings (SSSR count). The summed E-state index contributed by atoms with van der Waals surface area (Å²) in [6.45, 7) is 5.83. The summed E-state index contributed by atoms with van der Waals surface area (Å²) in [5, 5.41) is 9.40. The largest absolute Gasteiger partial charge is 0.490 e. The van der Waals surface area contributed by atoms with E-state index in [1.165, 1.54) is 52.6 Å². The van der Waals surface area contributed by atoms with E-state index < -0.39 is 0 Å². The number of nitrogens with zero attached hydrogens (tertiary/aromatic N) is 6. The Labute approximate surface area is 827 Å². The summed E-state index contributed by atoms with van der Waals surface area (Å²) < 4.78 is 17.8. The molecular weight excluding hydrogens is 2290 g/mol. The normalized spacial score (nSPS) is 9.99. The molecule has 9 nitrogen and oxygen atoms in total. The van der Waals surface area contributed by atoms with Crippen LogP contribution in [0.1, 0.15) is 68.1 Å². The molecule has 0 amide bonds. The maximum atomic E-state index is 6.19. The van der Waals surface area contributed by atoms with Crippen molar-refractivity contribution >= 4 is 77.2 Å². The van der Waals surface area contributed by atoms with Crippen LogP contribution in [0.15, 0.2) is 383 Å². The molecular formula is C116H108Ir4N6O3-4. The third-order valence-corrected chi connectivity index (χ3v) is 20.6. The zero-order valence-electron chi connectivity index (χ0n) is 70.8. The number of para-hydroxylation sites is 2. The van der Waals surface area contributed by atoms with Gasteiger partial charge in [0.1, 0.15) is 11.9 Å². The van der Waals surface area contributed by atoms with Gasteiger partial charge in [0.2, 0.25) is 0 Å². The summed E-state index contributed by atoms with van der Waals surface area (Å²) >= 11 is 0. The van der Waals surface area contributed by atoms with Gasteiger partial charge >= 0.3 is 0 Å². The molecule has 0 unspecified atom stereocenters. The van der Waals surface area contributed by atoms with Gasteiger partial charge < -0.3 is 43.9 Å². The number of anilines is 6. The Bertz CT molecular complexity index is 6950. The molecule has 4 radical (unpaired) electrons. The first-order valence-corrected chi connectivity index (χ1v) is 41.8. The van der Waals surface area contributed by atoms with Crippen LogP contribution in [0.2, 0.25) is 0 Å². The van der Waals surface area contributed by atoms with E-state index in [1.54, 1.807) is 0 Å². The molecule has 0 saturated heterocycles. The molecule has 660 valence electrons. The Hall–Kier alpha value is -13.9. The fourth-order valence-electron chi connectivity index (χ4n) is 14.6. The second kappa shape index (κ2) is 50.5. The molecule has 0 spiro atoms. The molecule has 13 heteroatoms. The van der Waals surface area contributed by atoms with Crippen molar-refractivity contribution in [2.45, 2.75) is 52.4 Å². The first-order valence-electron chi connectivity index (χ1n) is 41.8. The van der Waals surface area contributed by atoms with Gasteiger partial charge in [-0.2, -0.15) is 0 Å². The molecule has 4 heterocycles. The number of ether oxygens (including phenoxy) is 3. The van der Waals surface area contributed by atoms with E-state index in [0.717, 1.165) is 149 Å². The molecule has 0 bridgehead atoms. The van der Waals surface area contributed by atoms with Crippen LogP contribution in [0.5, 0.6) is 17.2 Å². The van der Waals surface area contributed by atoms with E-state index in [4.69, 9.17) is 20.6 Å². The standard InChI is InChI=1S/C31H21N2.C31H34NO2.C31H14NO.C23H17N2.4Ir.11H2/c1-3-16-27-23(10-1)12-8-19-30(27)33(31-20-9-13-24-11-2-4-17-28(24)31)26-15-7-14-25(22-26)29-18-5-6-21-32-29;1-3-5-9-20-33-29-17-16-26(23-30(29)34-21-10-6-4-2)25-13-11-14-27(22-25)31-28-15-8-7-12-24(28)18-19-32-31;1-2-3-4-5-6-7-8-11-22-33-29-18-13-16-27(24-29)26-15-12-17-28(23-26)31-30-19-10-9-14-25(30)20-21-32-31;1-3-11-20(12-4-1)25(21-13-5-2-6-14-21)22-15-9-10-19(18-22)23-16-7-8-17-24-23;;;;;;;;;;;;;;;/h1-13,15-22H;7-8,11-13,15-19,22-23H,3-6,9-10,20-21H2,1-2H3;1,9-10,12-16,18-21,23-24H;1-9,11-18H;;;;;11*1H/q4*-1;;;;;;;;;;;;;;;. The van der Waals surface area contributed by atoms with Crippen molar-refractivity contribution in [1.82, 2.24) is 19.9 Å². The summed E-state index contributed by atoms with van der Waals surface area (Å²) in [6.07, 6.45) is 21.7. The van der Waals surface area contributed by atoms with Crippen LogP contribution in [0, 0.1) is 84.2 Å². The van der Waals surface area contributed by atoms with Crippen LogP contribution >= 0.6 is 0 Å². The minimum absolute atomic E-state index is 0. The van der Waals surface area contributed by atoms with E-state index in [1.807, 2.05) is 158 Å². The summed E-state index contributed by atoms with van der Waals surface area (Å²) in [4.78, 5) is 22.9. The second-order valence-corrected chi connectivity index (χ2v) is 29.0. The second-order valence-electron chi connectivity index (χ2n) is 29.0. The van der Waals surface area contributed by atoms with E-state index in [-0.39, 0.29) is 96.1 Å². The number of aromatic nitrogens is 4. The van der Waals surface area contributed by atoms with Crippen molar-refractivity contribution < 1.29 is 110 Å². The fourth-order valence-corrected chi connectivity index (χ4v) is 14.6. The SMILES string of the molecule is C#CC#CC#CC#CC#COc1cccc(-c2cc[c-]c(-c3nccc4ccccc34)c2)c1.CCCCCOc1ccc(-c2cc[c-]c(-c3nccc4ccccc34)c2)cc1OCCCCC.[HH].[HH].[HH].[HH].[HH].[HH].[HH].[HH].[HH].[HH].[HH].[Ir].[Ir].[Ir].[Ir].[c-]1ccc(N(c2cccc3ccccc23)c2cccc3ccccc23)cc1-c1ccccn1.[c-]1ccc(N(c2ccccc2)c2ccccc2)cc1-c1ccccn1. The number of hydrogen-bond donors (Lipinski definition) is 0. The van der Waals surface area contributed by atoms with Crippen LogP contribution < -0.4 is 24.0 Å². The van der Waals surface area contributed by atoms with Gasteiger partial charge in [-0.3, -0.25) is 0 Å². The number of terminal acetylenes is 1. The maximum absolute atomic E-state index is 6.19. The first kappa shape index (κ1) is 95.8. The Morgan fingerprint density at radius 1 is 0.310 bits per heavy atom. The Kier molecular flexibility index (Phi) is 37.5. The van der Waals surface area contributed by atoms with Crippen LogP contribution in [-0.2, 0) is 80.4 Å². The van der Waals surface area contributed by atoms with Crippen molar-refractivity contribution in [3.63, 3.8) is 0 Å². The van der Waals surface area contributed by atoms with E-state index in [9.17, 15) is 0 Å². The first-order chi connectivity index (χ1) is 61.9. The van der Waals surface area contributed by atoms with Crippen molar-refractivity contribution in [2.24, 2.45) is 0 Å². The third kappa shape index (κ3) is 25.7. The van der Waals surface area contributed by atoms with Gasteiger partial charge in [-0.1, -0.05) is 240 Å². The molecule has 0 saturated carbocycles. The zero-order chi connectivity index (χ0) is 85.2. The smallest absolute Gasteiger partial charge is 0.161 e. The van der Waals surface area contributed by atoms with Gasteiger partial charge in [0, 0.05) is 167 Å². The molecule has 129 heavy (non-hydrogen) atoms. The summed E-state index contributed by atoms with van der Waals surface area (Å²) in [6, 6.07) is 135. The molecule has 0 fully saturated rings. The number of fused-ring (bicyclic) bond motifs is 4. The van der Waals surface area contributed by atoms with Crippen LogP contribution in [0.25, 0.3) is 110 Å². The van der Waals surface area contributed by atoms with Crippen LogP contribution in [0.4, 0.5) is 34.1 Å². The molecule has 0 aliphatic rings. The predicted octanol–water partition coefficient (Wildman–Crippen LogP) is 30.9. The van der Waals surface area contributed by atoms with Gasteiger partial charge in [-0.15, -0.1) is 137 Å².